The second kappa shape index (κ2) is 5.54. The second-order valence-corrected chi connectivity index (χ2v) is 5.84. The van der Waals surface area contributed by atoms with Gasteiger partial charge in [-0.1, -0.05) is 17.4 Å². The van der Waals surface area contributed by atoms with Crippen molar-refractivity contribution in [2.45, 2.75) is 31.7 Å². The SMILES string of the molecule is CC(NC(=O)Nc1nnc(C2CC2)s1)c1cccnc1. The van der Waals surface area contributed by atoms with E-state index in [4.69, 9.17) is 0 Å². The Morgan fingerprint density at radius 3 is 3.00 bits per heavy atom. The summed E-state index contributed by atoms with van der Waals surface area (Å²) in [4.78, 5) is 15.9. The molecule has 2 aromatic rings. The second-order valence-electron chi connectivity index (χ2n) is 4.83. The maximum atomic E-state index is 11.9. The lowest BCUT2D eigenvalue weighted by Crippen LogP contribution is -2.31. The minimum atomic E-state index is -0.278. The lowest BCUT2D eigenvalue weighted by Gasteiger charge is -2.13. The summed E-state index contributed by atoms with van der Waals surface area (Å²) in [5.74, 6) is 0.556. The van der Waals surface area contributed by atoms with E-state index in [9.17, 15) is 4.79 Å². The summed E-state index contributed by atoms with van der Waals surface area (Å²) in [6.07, 6.45) is 5.80. The van der Waals surface area contributed by atoms with Crippen molar-refractivity contribution in [3.05, 3.63) is 35.1 Å². The molecule has 0 aliphatic heterocycles. The Kier molecular flexibility index (Phi) is 3.60. The molecule has 1 fully saturated rings. The highest BCUT2D eigenvalue weighted by Crippen LogP contribution is 2.41. The molecule has 0 spiro atoms. The first-order valence-corrected chi connectivity index (χ1v) is 7.35. The predicted octanol–water partition coefficient (Wildman–Crippen LogP) is 2.69. The van der Waals surface area contributed by atoms with E-state index in [1.54, 1.807) is 12.4 Å². The molecule has 0 aromatic carbocycles. The van der Waals surface area contributed by atoms with Crippen LogP contribution >= 0.6 is 11.3 Å². The zero-order valence-electron chi connectivity index (χ0n) is 11.0. The molecule has 2 N–H and O–H groups in total. The number of hydrogen-bond acceptors (Lipinski definition) is 5. The van der Waals surface area contributed by atoms with Crippen LogP contribution in [0.5, 0.6) is 0 Å². The molecule has 104 valence electrons. The monoisotopic (exact) mass is 289 g/mol. The third-order valence-corrected chi connectivity index (χ3v) is 4.12. The zero-order valence-corrected chi connectivity index (χ0v) is 11.9. The summed E-state index contributed by atoms with van der Waals surface area (Å²) >= 11 is 1.45. The topological polar surface area (TPSA) is 79.8 Å². The van der Waals surface area contributed by atoms with E-state index >= 15 is 0 Å². The smallest absolute Gasteiger partial charge is 0.321 e. The predicted molar refractivity (Wildman–Crippen MR) is 76.7 cm³/mol. The molecule has 2 heterocycles. The van der Waals surface area contributed by atoms with Gasteiger partial charge in [-0.3, -0.25) is 10.3 Å². The van der Waals surface area contributed by atoms with Gasteiger partial charge in [0.1, 0.15) is 5.01 Å². The third kappa shape index (κ3) is 3.11. The fourth-order valence-corrected chi connectivity index (χ4v) is 2.73. The molecule has 2 aromatic heterocycles. The maximum Gasteiger partial charge on any atom is 0.321 e. The standard InChI is InChI=1S/C13H15N5OS/c1-8(10-3-2-6-14-7-10)15-12(19)16-13-18-17-11(20-13)9-4-5-9/h2-3,6-9H,4-5H2,1H3,(H2,15,16,18,19). The van der Waals surface area contributed by atoms with Crippen molar-refractivity contribution in [1.82, 2.24) is 20.5 Å². The van der Waals surface area contributed by atoms with E-state index in [-0.39, 0.29) is 12.1 Å². The average Bonchev–Trinajstić information content (AvgIpc) is 3.20. The zero-order chi connectivity index (χ0) is 13.9. The number of aromatic nitrogens is 3. The molecular formula is C13H15N5OS. The van der Waals surface area contributed by atoms with Crippen LogP contribution in [-0.4, -0.2) is 21.2 Å². The van der Waals surface area contributed by atoms with Gasteiger partial charge in [0.2, 0.25) is 5.13 Å². The Morgan fingerprint density at radius 2 is 2.30 bits per heavy atom. The van der Waals surface area contributed by atoms with Gasteiger partial charge in [-0.2, -0.15) is 0 Å². The highest BCUT2D eigenvalue weighted by molar-refractivity contribution is 7.15. The van der Waals surface area contributed by atoms with E-state index < -0.39 is 0 Å². The van der Waals surface area contributed by atoms with E-state index in [2.05, 4.69) is 25.8 Å². The largest absolute Gasteiger partial charge is 0.331 e. The van der Waals surface area contributed by atoms with Crippen molar-refractivity contribution < 1.29 is 4.79 Å². The van der Waals surface area contributed by atoms with E-state index in [1.807, 2.05) is 19.1 Å². The van der Waals surface area contributed by atoms with Crippen LogP contribution in [0, 0.1) is 0 Å². The van der Waals surface area contributed by atoms with Crippen LogP contribution < -0.4 is 10.6 Å². The summed E-state index contributed by atoms with van der Waals surface area (Å²) in [6, 6.07) is 3.38. The number of nitrogens with zero attached hydrogens (tertiary/aromatic N) is 3. The van der Waals surface area contributed by atoms with Gasteiger partial charge in [0.25, 0.3) is 0 Å². The first-order valence-electron chi connectivity index (χ1n) is 6.53. The molecule has 1 aliphatic rings. The fourth-order valence-electron chi connectivity index (χ4n) is 1.83. The molecule has 7 heteroatoms. The van der Waals surface area contributed by atoms with E-state index in [0.29, 0.717) is 11.0 Å². The maximum absolute atomic E-state index is 11.9. The number of carbonyl (C=O) groups excluding carboxylic acids is 1. The Balaban J connectivity index is 1.56. The Morgan fingerprint density at radius 1 is 1.45 bits per heavy atom. The number of amides is 2. The third-order valence-electron chi connectivity index (χ3n) is 3.12. The van der Waals surface area contributed by atoms with Crippen LogP contribution in [0.1, 0.15) is 42.3 Å². The van der Waals surface area contributed by atoms with Gasteiger partial charge in [0.05, 0.1) is 6.04 Å². The first-order chi connectivity index (χ1) is 9.72. The molecule has 3 rings (SSSR count). The number of carbonyl (C=O) groups is 1. The summed E-state index contributed by atoms with van der Waals surface area (Å²) in [5, 5.41) is 15.2. The quantitative estimate of drug-likeness (QED) is 0.907. The fraction of sp³-hybridized carbons (Fsp3) is 0.385. The highest BCUT2D eigenvalue weighted by Gasteiger charge is 2.27. The normalized spacial score (nSPS) is 15.7. The Labute approximate surface area is 120 Å². The first kappa shape index (κ1) is 13.0. The molecule has 0 radical (unpaired) electrons. The molecule has 20 heavy (non-hydrogen) atoms. The van der Waals surface area contributed by atoms with Crippen LogP contribution in [0.2, 0.25) is 0 Å². The lowest BCUT2D eigenvalue weighted by molar-refractivity contribution is 0.249. The molecule has 0 bridgehead atoms. The highest BCUT2D eigenvalue weighted by atomic mass is 32.1. The van der Waals surface area contributed by atoms with Crippen LogP contribution in [0.25, 0.3) is 0 Å². The number of pyridine rings is 1. The number of hydrogen-bond donors (Lipinski definition) is 2. The van der Waals surface area contributed by atoms with Gasteiger partial charge < -0.3 is 5.32 Å². The van der Waals surface area contributed by atoms with Crippen molar-refractivity contribution in [2.75, 3.05) is 5.32 Å². The van der Waals surface area contributed by atoms with Gasteiger partial charge in [0.15, 0.2) is 0 Å². The number of urea groups is 1. The molecular weight excluding hydrogens is 274 g/mol. The Hall–Kier alpha value is -2.02. The van der Waals surface area contributed by atoms with Gasteiger partial charge in [-0.05, 0) is 31.4 Å². The summed E-state index contributed by atoms with van der Waals surface area (Å²) in [7, 11) is 0. The van der Waals surface area contributed by atoms with Crippen molar-refractivity contribution in [1.29, 1.82) is 0 Å². The molecule has 6 nitrogen and oxygen atoms in total. The minimum absolute atomic E-state index is 0.112. The van der Waals surface area contributed by atoms with Crippen molar-refractivity contribution in [2.24, 2.45) is 0 Å². The van der Waals surface area contributed by atoms with Crippen LogP contribution in [0.3, 0.4) is 0 Å². The van der Waals surface area contributed by atoms with E-state index in [0.717, 1.165) is 10.6 Å². The van der Waals surface area contributed by atoms with Crippen LogP contribution in [0.4, 0.5) is 9.93 Å². The van der Waals surface area contributed by atoms with Crippen LogP contribution in [-0.2, 0) is 0 Å². The molecule has 1 unspecified atom stereocenters. The minimum Gasteiger partial charge on any atom is -0.331 e. The molecule has 1 aliphatic carbocycles. The lowest BCUT2D eigenvalue weighted by atomic mass is 10.1. The average molecular weight is 289 g/mol. The number of rotatable bonds is 4. The van der Waals surface area contributed by atoms with Crippen molar-refractivity contribution in [3.63, 3.8) is 0 Å². The van der Waals surface area contributed by atoms with Gasteiger partial charge >= 0.3 is 6.03 Å². The van der Waals surface area contributed by atoms with Crippen molar-refractivity contribution >= 4 is 22.5 Å². The molecule has 2 amide bonds. The van der Waals surface area contributed by atoms with Gasteiger partial charge in [0, 0.05) is 18.3 Å². The summed E-state index contributed by atoms with van der Waals surface area (Å²) in [5.41, 5.74) is 0.957. The molecule has 0 saturated heterocycles. The van der Waals surface area contributed by atoms with Gasteiger partial charge in [-0.25, -0.2) is 4.79 Å². The Bertz CT molecular complexity index is 596. The summed E-state index contributed by atoms with van der Waals surface area (Å²) < 4.78 is 0. The molecule has 1 atom stereocenters. The number of anilines is 1. The van der Waals surface area contributed by atoms with Crippen molar-refractivity contribution in [3.8, 4) is 0 Å². The number of nitrogens with one attached hydrogen (secondary N) is 2. The molecule has 1 saturated carbocycles. The van der Waals surface area contributed by atoms with Gasteiger partial charge in [-0.15, -0.1) is 10.2 Å². The van der Waals surface area contributed by atoms with E-state index in [1.165, 1.54) is 24.2 Å². The van der Waals surface area contributed by atoms with Crippen LogP contribution in [0.15, 0.2) is 24.5 Å². The summed E-state index contributed by atoms with van der Waals surface area (Å²) in [6.45, 7) is 1.91.